The zero-order valence-electron chi connectivity index (χ0n) is 9.17. The van der Waals surface area contributed by atoms with Crippen LogP contribution in [0.2, 0.25) is 0 Å². The molecule has 1 heterocycles. The molecule has 0 aliphatic carbocycles. The Balaban J connectivity index is 2.34. The third kappa shape index (κ3) is 2.61. The van der Waals surface area contributed by atoms with Crippen LogP contribution in [0.1, 0.15) is 12.0 Å². The molecule has 0 amide bonds. The van der Waals surface area contributed by atoms with Crippen molar-refractivity contribution in [1.82, 2.24) is 4.57 Å². The third-order valence-corrected chi connectivity index (χ3v) is 2.73. The second-order valence-corrected chi connectivity index (χ2v) is 3.93. The highest BCUT2D eigenvalue weighted by Gasteiger charge is 2.26. The molecule has 2 N–H and O–H groups in total. The molecule has 0 bridgehead atoms. The summed E-state index contributed by atoms with van der Waals surface area (Å²) in [7, 11) is 0. The largest absolute Gasteiger partial charge is 0.390 e. The summed E-state index contributed by atoms with van der Waals surface area (Å²) in [6, 6.07) is 7.38. The van der Waals surface area contributed by atoms with E-state index in [4.69, 9.17) is 5.73 Å². The molecule has 0 fully saturated rings. The summed E-state index contributed by atoms with van der Waals surface area (Å²) in [4.78, 5) is 0. The number of halogens is 3. The van der Waals surface area contributed by atoms with Gasteiger partial charge >= 0.3 is 6.18 Å². The number of rotatable bonds is 3. The number of para-hydroxylation sites is 1. The summed E-state index contributed by atoms with van der Waals surface area (Å²) in [5.41, 5.74) is 7.27. The van der Waals surface area contributed by atoms with Gasteiger partial charge in [0, 0.05) is 19.3 Å². The summed E-state index contributed by atoms with van der Waals surface area (Å²) in [5.74, 6) is 0. The first-order valence-electron chi connectivity index (χ1n) is 5.35. The SMILES string of the molecule is NCc1cccc2ccn(CCC(F)(F)F)c12. The number of aryl methyl sites for hydroxylation is 1. The van der Waals surface area contributed by atoms with E-state index in [0.717, 1.165) is 16.5 Å². The molecule has 0 atom stereocenters. The molecule has 2 rings (SSSR count). The summed E-state index contributed by atoms with van der Waals surface area (Å²) >= 11 is 0. The van der Waals surface area contributed by atoms with Crippen LogP contribution in [0.25, 0.3) is 10.9 Å². The molecule has 92 valence electrons. The van der Waals surface area contributed by atoms with Crippen molar-refractivity contribution in [2.45, 2.75) is 25.7 Å². The first-order chi connectivity index (χ1) is 8.01. The van der Waals surface area contributed by atoms with Crippen molar-refractivity contribution in [3.63, 3.8) is 0 Å². The molecule has 0 radical (unpaired) electrons. The van der Waals surface area contributed by atoms with Gasteiger partial charge in [-0.2, -0.15) is 13.2 Å². The Labute approximate surface area is 96.8 Å². The number of alkyl halides is 3. The summed E-state index contributed by atoms with van der Waals surface area (Å²) in [5, 5.41) is 0.926. The fraction of sp³-hybridized carbons (Fsp3) is 0.333. The van der Waals surface area contributed by atoms with Crippen LogP contribution in [0.3, 0.4) is 0 Å². The van der Waals surface area contributed by atoms with E-state index in [1.807, 2.05) is 24.3 Å². The highest BCUT2D eigenvalue weighted by atomic mass is 19.4. The van der Waals surface area contributed by atoms with E-state index in [9.17, 15) is 13.2 Å². The van der Waals surface area contributed by atoms with Crippen molar-refractivity contribution < 1.29 is 13.2 Å². The molecule has 5 heteroatoms. The molecule has 17 heavy (non-hydrogen) atoms. The van der Waals surface area contributed by atoms with Gasteiger partial charge in [-0.25, -0.2) is 0 Å². The average molecular weight is 242 g/mol. The van der Waals surface area contributed by atoms with E-state index in [1.165, 1.54) is 0 Å². The fourth-order valence-electron chi connectivity index (χ4n) is 1.94. The second kappa shape index (κ2) is 4.41. The van der Waals surface area contributed by atoms with Gasteiger partial charge in [-0.1, -0.05) is 18.2 Å². The predicted molar refractivity (Wildman–Crippen MR) is 60.5 cm³/mol. The van der Waals surface area contributed by atoms with Crippen molar-refractivity contribution in [3.8, 4) is 0 Å². The van der Waals surface area contributed by atoms with Crippen LogP contribution in [0.15, 0.2) is 30.5 Å². The zero-order valence-corrected chi connectivity index (χ0v) is 9.17. The standard InChI is InChI=1S/C12H13F3N2/c13-12(14,15)5-7-17-6-4-9-2-1-3-10(8-16)11(9)17/h1-4,6H,5,7-8,16H2. The highest BCUT2D eigenvalue weighted by molar-refractivity contribution is 5.83. The minimum Gasteiger partial charge on any atom is -0.347 e. The number of benzene rings is 1. The lowest BCUT2D eigenvalue weighted by molar-refractivity contribution is -0.136. The number of nitrogens with zero attached hydrogens (tertiary/aromatic N) is 1. The molecular weight excluding hydrogens is 229 g/mol. The first kappa shape index (κ1) is 12.0. The zero-order chi connectivity index (χ0) is 12.5. The van der Waals surface area contributed by atoms with Crippen molar-refractivity contribution in [3.05, 3.63) is 36.0 Å². The second-order valence-electron chi connectivity index (χ2n) is 3.93. The number of fused-ring (bicyclic) bond motifs is 1. The third-order valence-electron chi connectivity index (χ3n) is 2.73. The van der Waals surface area contributed by atoms with Crippen molar-refractivity contribution >= 4 is 10.9 Å². The van der Waals surface area contributed by atoms with Crippen molar-refractivity contribution in [2.24, 2.45) is 5.73 Å². The van der Waals surface area contributed by atoms with Crippen LogP contribution in [0.4, 0.5) is 13.2 Å². The molecular formula is C12H13F3N2. The maximum Gasteiger partial charge on any atom is 0.390 e. The fourth-order valence-corrected chi connectivity index (χ4v) is 1.94. The lowest BCUT2D eigenvalue weighted by Gasteiger charge is -2.10. The van der Waals surface area contributed by atoms with E-state index in [0.29, 0.717) is 6.54 Å². The maximum atomic E-state index is 12.2. The monoisotopic (exact) mass is 242 g/mol. The molecule has 2 aromatic rings. The van der Waals surface area contributed by atoms with Gasteiger partial charge < -0.3 is 10.3 Å². The molecule has 2 nitrogen and oxygen atoms in total. The molecule has 0 aliphatic rings. The van der Waals surface area contributed by atoms with E-state index >= 15 is 0 Å². The molecule has 0 spiro atoms. The number of nitrogens with two attached hydrogens (primary N) is 1. The van der Waals surface area contributed by atoms with Crippen LogP contribution in [0.5, 0.6) is 0 Å². The van der Waals surface area contributed by atoms with Gasteiger partial charge in [0.1, 0.15) is 0 Å². The van der Waals surface area contributed by atoms with Gasteiger partial charge in [0.25, 0.3) is 0 Å². The first-order valence-corrected chi connectivity index (χ1v) is 5.35. The molecule has 0 saturated carbocycles. The number of aromatic nitrogens is 1. The number of hydrogen-bond acceptors (Lipinski definition) is 1. The Morgan fingerprint density at radius 1 is 1.18 bits per heavy atom. The van der Waals surface area contributed by atoms with Crippen LogP contribution in [-0.4, -0.2) is 10.7 Å². The number of hydrogen-bond donors (Lipinski definition) is 1. The van der Waals surface area contributed by atoms with E-state index in [-0.39, 0.29) is 6.54 Å². The van der Waals surface area contributed by atoms with E-state index < -0.39 is 12.6 Å². The quantitative estimate of drug-likeness (QED) is 0.881. The predicted octanol–water partition coefficient (Wildman–Crippen LogP) is 3.05. The van der Waals surface area contributed by atoms with Gasteiger partial charge in [-0.3, -0.25) is 0 Å². The van der Waals surface area contributed by atoms with Gasteiger partial charge in [0.15, 0.2) is 0 Å². The Morgan fingerprint density at radius 3 is 2.59 bits per heavy atom. The molecule has 0 unspecified atom stereocenters. The van der Waals surface area contributed by atoms with Gasteiger partial charge in [0.05, 0.1) is 11.9 Å². The summed E-state index contributed by atoms with van der Waals surface area (Å²) < 4.78 is 38.2. The van der Waals surface area contributed by atoms with Gasteiger partial charge in [0.2, 0.25) is 0 Å². The molecule has 0 saturated heterocycles. The molecule has 1 aromatic carbocycles. The smallest absolute Gasteiger partial charge is 0.347 e. The lowest BCUT2D eigenvalue weighted by Crippen LogP contribution is -2.12. The Morgan fingerprint density at radius 2 is 1.94 bits per heavy atom. The topological polar surface area (TPSA) is 30.9 Å². The Kier molecular flexibility index (Phi) is 3.11. The minimum absolute atomic E-state index is 0.0655. The lowest BCUT2D eigenvalue weighted by atomic mass is 10.1. The highest BCUT2D eigenvalue weighted by Crippen LogP contribution is 2.24. The van der Waals surface area contributed by atoms with Gasteiger partial charge in [-0.15, -0.1) is 0 Å². The van der Waals surface area contributed by atoms with Crippen LogP contribution in [-0.2, 0) is 13.1 Å². The average Bonchev–Trinajstić information content (AvgIpc) is 2.68. The van der Waals surface area contributed by atoms with Crippen LogP contribution < -0.4 is 5.73 Å². The van der Waals surface area contributed by atoms with Crippen molar-refractivity contribution in [1.29, 1.82) is 0 Å². The Bertz CT molecular complexity index is 514. The Hall–Kier alpha value is -1.49. The van der Waals surface area contributed by atoms with E-state index in [1.54, 1.807) is 10.8 Å². The minimum atomic E-state index is -4.13. The van der Waals surface area contributed by atoms with Crippen LogP contribution >= 0.6 is 0 Å². The van der Waals surface area contributed by atoms with Crippen LogP contribution in [0, 0.1) is 0 Å². The maximum absolute atomic E-state index is 12.2. The van der Waals surface area contributed by atoms with Crippen molar-refractivity contribution in [2.75, 3.05) is 0 Å². The summed E-state index contributed by atoms with van der Waals surface area (Å²) in [6.07, 6.45) is -3.28. The normalized spacial score (nSPS) is 12.2. The molecule has 0 aliphatic heterocycles. The molecule has 1 aromatic heterocycles. The van der Waals surface area contributed by atoms with E-state index in [2.05, 4.69) is 0 Å². The van der Waals surface area contributed by atoms with Gasteiger partial charge in [-0.05, 0) is 17.0 Å². The summed E-state index contributed by atoms with van der Waals surface area (Å²) in [6.45, 7) is 0.261.